The molecule has 0 aromatic heterocycles. The second-order valence-corrected chi connectivity index (χ2v) is 4.70. The van der Waals surface area contributed by atoms with Gasteiger partial charge in [-0.3, -0.25) is 10.1 Å². The molecule has 0 heterocycles. The Kier molecular flexibility index (Phi) is 4.22. The third-order valence-electron chi connectivity index (χ3n) is 2.78. The number of benzene rings is 2. The van der Waals surface area contributed by atoms with Crippen molar-refractivity contribution in [1.29, 1.82) is 0 Å². The van der Waals surface area contributed by atoms with Crippen LogP contribution in [0.15, 0.2) is 36.4 Å². The average Bonchev–Trinajstić information content (AvgIpc) is 2.42. The van der Waals surface area contributed by atoms with Gasteiger partial charge in [-0.1, -0.05) is 29.3 Å². The molecule has 0 unspecified atom stereocenters. The minimum Gasteiger partial charge on any atom is -0.455 e. The van der Waals surface area contributed by atoms with E-state index in [2.05, 4.69) is 0 Å². The minimum absolute atomic E-state index is 0.0784. The van der Waals surface area contributed by atoms with Crippen molar-refractivity contribution in [1.82, 2.24) is 0 Å². The zero-order chi connectivity index (χ0) is 14.7. The number of hydrogen-bond acceptors (Lipinski definition) is 4. The van der Waals surface area contributed by atoms with E-state index in [9.17, 15) is 10.1 Å². The predicted octanol–water partition coefficient (Wildman–Crippen LogP) is 3.81. The number of nitrogens with two attached hydrogens (primary N) is 1. The average molecular weight is 293 g/mol. The maximum absolute atomic E-state index is 10.7. The van der Waals surface area contributed by atoms with Crippen LogP contribution in [0.5, 0.6) is 11.5 Å². The fourth-order valence-corrected chi connectivity index (χ4v) is 1.99. The first-order valence-corrected chi connectivity index (χ1v) is 6.30. The molecule has 0 fully saturated rings. The molecule has 2 N–H and O–H groups in total. The lowest BCUT2D eigenvalue weighted by Gasteiger charge is -2.11. The van der Waals surface area contributed by atoms with Gasteiger partial charge in [0.2, 0.25) is 0 Å². The number of nitrogens with zero attached hydrogens (tertiary/aromatic N) is 1. The van der Waals surface area contributed by atoms with Gasteiger partial charge in [0.05, 0.1) is 9.95 Å². The van der Waals surface area contributed by atoms with Crippen molar-refractivity contribution in [3.8, 4) is 11.5 Å². The van der Waals surface area contributed by atoms with Gasteiger partial charge in [-0.25, -0.2) is 0 Å². The number of nitro benzene ring substituents is 1. The quantitative estimate of drug-likeness (QED) is 0.686. The first kappa shape index (κ1) is 14.3. The highest BCUT2D eigenvalue weighted by molar-refractivity contribution is 6.32. The molecule has 6 heteroatoms. The zero-order valence-corrected chi connectivity index (χ0v) is 11.6. The van der Waals surface area contributed by atoms with Crippen molar-refractivity contribution >= 4 is 17.3 Å². The molecule has 20 heavy (non-hydrogen) atoms. The Labute approximate surface area is 121 Å². The molecular formula is C14H13ClN2O3. The number of rotatable bonds is 4. The van der Waals surface area contributed by atoms with E-state index >= 15 is 0 Å². The molecule has 0 aliphatic carbocycles. The molecule has 5 nitrogen and oxygen atoms in total. The molecule has 0 spiro atoms. The van der Waals surface area contributed by atoms with Crippen LogP contribution in [-0.2, 0) is 6.54 Å². The van der Waals surface area contributed by atoms with Crippen LogP contribution in [-0.4, -0.2) is 4.92 Å². The molecule has 2 aromatic rings. The third kappa shape index (κ3) is 3.07. The summed E-state index contributed by atoms with van der Waals surface area (Å²) in [5.74, 6) is 0.949. The van der Waals surface area contributed by atoms with E-state index in [4.69, 9.17) is 22.1 Å². The number of hydrogen-bond donors (Lipinski definition) is 1. The smallest absolute Gasteiger partial charge is 0.271 e. The van der Waals surface area contributed by atoms with Gasteiger partial charge >= 0.3 is 0 Å². The first-order valence-electron chi connectivity index (χ1n) is 5.92. The van der Waals surface area contributed by atoms with Crippen LogP contribution >= 0.6 is 11.6 Å². The molecule has 0 saturated heterocycles. The van der Waals surface area contributed by atoms with E-state index in [-0.39, 0.29) is 10.7 Å². The molecule has 2 aromatic carbocycles. The lowest BCUT2D eigenvalue weighted by molar-refractivity contribution is -0.384. The molecule has 0 atom stereocenters. The van der Waals surface area contributed by atoms with Crippen LogP contribution in [0.1, 0.15) is 11.1 Å². The van der Waals surface area contributed by atoms with Gasteiger partial charge in [0, 0.05) is 24.2 Å². The fraction of sp³-hybridized carbons (Fsp3) is 0.143. The van der Waals surface area contributed by atoms with Gasteiger partial charge in [-0.2, -0.15) is 0 Å². The number of nitro groups is 1. The van der Waals surface area contributed by atoms with Gasteiger partial charge in [0.1, 0.15) is 11.5 Å². The number of ether oxygens (including phenoxy) is 1. The summed E-state index contributed by atoms with van der Waals surface area (Å²) in [5.41, 5.74) is 7.52. The van der Waals surface area contributed by atoms with E-state index < -0.39 is 4.92 Å². The van der Waals surface area contributed by atoms with E-state index in [0.717, 1.165) is 11.1 Å². The highest BCUT2D eigenvalue weighted by Gasteiger charge is 2.12. The summed E-state index contributed by atoms with van der Waals surface area (Å²) in [6, 6.07) is 9.70. The minimum atomic E-state index is -0.507. The summed E-state index contributed by atoms with van der Waals surface area (Å²) in [6.07, 6.45) is 0. The van der Waals surface area contributed by atoms with Crippen LogP contribution < -0.4 is 10.5 Å². The van der Waals surface area contributed by atoms with Crippen molar-refractivity contribution in [3.63, 3.8) is 0 Å². The molecule has 104 valence electrons. The lowest BCUT2D eigenvalue weighted by Crippen LogP contribution is -2.00. The maximum atomic E-state index is 10.7. The summed E-state index contributed by atoms with van der Waals surface area (Å²) in [4.78, 5) is 10.1. The summed E-state index contributed by atoms with van der Waals surface area (Å²) in [6.45, 7) is 2.30. The van der Waals surface area contributed by atoms with Crippen molar-refractivity contribution < 1.29 is 9.66 Å². The highest BCUT2D eigenvalue weighted by Crippen LogP contribution is 2.33. The summed E-state index contributed by atoms with van der Waals surface area (Å²) in [7, 11) is 0. The Morgan fingerprint density at radius 1 is 1.25 bits per heavy atom. The second kappa shape index (κ2) is 5.90. The largest absolute Gasteiger partial charge is 0.455 e. The maximum Gasteiger partial charge on any atom is 0.271 e. The standard InChI is InChI=1S/C14H13ClN2O3/c1-9-2-4-13(10(6-9)8-16)20-14-5-3-11(17(18)19)7-12(14)15/h2-7H,8,16H2,1H3. The predicted molar refractivity (Wildman–Crippen MR) is 77.3 cm³/mol. The van der Waals surface area contributed by atoms with Crippen molar-refractivity contribution in [2.75, 3.05) is 0 Å². The third-order valence-corrected chi connectivity index (χ3v) is 3.08. The number of aryl methyl sites for hydroxylation is 1. The molecule has 0 aliphatic heterocycles. The van der Waals surface area contributed by atoms with Crippen LogP contribution in [0.2, 0.25) is 5.02 Å². The van der Waals surface area contributed by atoms with Gasteiger partial charge < -0.3 is 10.5 Å². The van der Waals surface area contributed by atoms with Gasteiger partial charge in [0.25, 0.3) is 5.69 Å². The van der Waals surface area contributed by atoms with E-state index in [0.29, 0.717) is 18.0 Å². The molecule has 0 bridgehead atoms. The molecule has 2 rings (SSSR count). The Morgan fingerprint density at radius 2 is 1.95 bits per heavy atom. The SMILES string of the molecule is Cc1ccc(Oc2ccc([N+](=O)[O-])cc2Cl)c(CN)c1. The van der Waals surface area contributed by atoms with Crippen molar-refractivity contribution in [3.05, 3.63) is 62.7 Å². The fourth-order valence-electron chi connectivity index (χ4n) is 1.77. The highest BCUT2D eigenvalue weighted by atomic mass is 35.5. The number of non-ortho nitro benzene ring substituents is 1. The Bertz CT molecular complexity index is 659. The molecule has 0 amide bonds. The van der Waals surface area contributed by atoms with Gasteiger partial charge in [-0.15, -0.1) is 0 Å². The van der Waals surface area contributed by atoms with Crippen LogP contribution in [0.4, 0.5) is 5.69 Å². The lowest BCUT2D eigenvalue weighted by atomic mass is 10.1. The summed E-state index contributed by atoms with van der Waals surface area (Å²) < 4.78 is 5.69. The topological polar surface area (TPSA) is 78.4 Å². The van der Waals surface area contributed by atoms with E-state index in [1.165, 1.54) is 18.2 Å². The molecular weight excluding hydrogens is 280 g/mol. The van der Waals surface area contributed by atoms with Crippen LogP contribution in [0, 0.1) is 17.0 Å². The number of halogens is 1. The zero-order valence-electron chi connectivity index (χ0n) is 10.8. The Morgan fingerprint density at radius 3 is 2.55 bits per heavy atom. The van der Waals surface area contributed by atoms with E-state index in [1.54, 1.807) is 6.07 Å². The van der Waals surface area contributed by atoms with E-state index in [1.807, 2.05) is 19.1 Å². The Balaban J connectivity index is 2.33. The van der Waals surface area contributed by atoms with Gasteiger partial charge in [-0.05, 0) is 19.1 Å². The van der Waals surface area contributed by atoms with Crippen molar-refractivity contribution in [2.45, 2.75) is 13.5 Å². The van der Waals surface area contributed by atoms with Crippen molar-refractivity contribution in [2.24, 2.45) is 5.73 Å². The van der Waals surface area contributed by atoms with Crippen LogP contribution in [0.3, 0.4) is 0 Å². The normalized spacial score (nSPS) is 10.3. The monoisotopic (exact) mass is 292 g/mol. The summed E-state index contributed by atoms with van der Waals surface area (Å²) >= 11 is 5.99. The van der Waals surface area contributed by atoms with Gasteiger partial charge in [0.15, 0.2) is 0 Å². The summed E-state index contributed by atoms with van der Waals surface area (Å²) in [5, 5.41) is 10.8. The molecule has 0 saturated carbocycles. The molecule has 0 radical (unpaired) electrons. The second-order valence-electron chi connectivity index (χ2n) is 4.29. The molecule has 0 aliphatic rings. The van der Waals surface area contributed by atoms with Crippen LogP contribution in [0.25, 0.3) is 0 Å². The first-order chi connectivity index (χ1) is 9.51. The Hall–Kier alpha value is -2.11.